The van der Waals surface area contributed by atoms with Crippen LogP contribution in [-0.2, 0) is 6.54 Å². The van der Waals surface area contributed by atoms with E-state index < -0.39 is 0 Å². The molecule has 87 valence electrons. The molecule has 3 aromatic rings. The first-order valence-electron chi connectivity index (χ1n) is 5.67. The molecule has 0 aliphatic rings. The number of hydrogen-bond acceptors (Lipinski definition) is 3. The Labute approximate surface area is 105 Å². The largest absolute Gasteiger partial charge is 0.268 e. The highest BCUT2D eigenvalue weighted by Gasteiger charge is 2.03. The van der Waals surface area contributed by atoms with Gasteiger partial charge in [0.25, 0.3) is 0 Å². The molecule has 2 aromatic heterocycles. The summed E-state index contributed by atoms with van der Waals surface area (Å²) in [6.45, 7) is 0.738. The molecule has 4 heteroatoms. The summed E-state index contributed by atoms with van der Waals surface area (Å²) >= 11 is 0. The second kappa shape index (κ2) is 4.79. The van der Waals surface area contributed by atoms with Crippen molar-refractivity contribution in [3.05, 3.63) is 66.7 Å². The summed E-state index contributed by atoms with van der Waals surface area (Å²) in [5.74, 6) is 0.699. The molecule has 4 nitrogen and oxygen atoms in total. The molecule has 0 unspecified atom stereocenters. The summed E-state index contributed by atoms with van der Waals surface area (Å²) in [7, 11) is 0. The van der Waals surface area contributed by atoms with Crippen molar-refractivity contribution < 1.29 is 0 Å². The third-order valence-corrected chi connectivity index (χ3v) is 2.59. The molecule has 3 rings (SSSR count). The number of benzene rings is 1. The number of aromatic nitrogens is 4. The van der Waals surface area contributed by atoms with Crippen LogP contribution in [-0.4, -0.2) is 19.7 Å². The highest BCUT2D eigenvalue weighted by atomic mass is 15.3. The monoisotopic (exact) mass is 235 g/mol. The Kier molecular flexibility index (Phi) is 2.84. The maximum Gasteiger partial charge on any atom is 0.162 e. The summed E-state index contributed by atoms with van der Waals surface area (Å²) in [6, 6.07) is 12.7. The molecule has 0 saturated heterocycles. The molecule has 0 N–H and O–H groups in total. The number of hydrogen-bond donors (Lipinski definition) is 0. The Balaban J connectivity index is 1.82. The predicted octanol–water partition coefficient (Wildman–Crippen LogP) is 2.19. The molecule has 18 heavy (non-hydrogen) atoms. The van der Waals surface area contributed by atoms with E-state index in [0.29, 0.717) is 5.82 Å². The quantitative estimate of drug-likeness (QED) is 0.699. The molecule has 1 aromatic carbocycles. The zero-order chi connectivity index (χ0) is 12.2. The second-order valence-electron chi connectivity index (χ2n) is 3.91. The molecule has 0 bridgehead atoms. The van der Waals surface area contributed by atoms with E-state index in [2.05, 4.69) is 21.1 Å². The Morgan fingerprint density at radius 1 is 1.11 bits per heavy atom. The molecule has 0 fully saturated rings. The van der Waals surface area contributed by atoms with Gasteiger partial charge in [0.05, 0.1) is 18.3 Å². The number of rotatable bonds is 3. The zero-order valence-corrected chi connectivity index (χ0v) is 9.69. The first-order valence-corrected chi connectivity index (χ1v) is 5.67. The SMILES string of the molecule is [c]1ccc(Cn2cc(-c3ncccn3)cn2)cc1. The topological polar surface area (TPSA) is 43.6 Å². The first-order chi connectivity index (χ1) is 8.92. The van der Waals surface area contributed by atoms with Crippen molar-refractivity contribution in [2.24, 2.45) is 0 Å². The third kappa shape index (κ3) is 2.27. The van der Waals surface area contributed by atoms with E-state index in [0.717, 1.165) is 12.1 Å². The van der Waals surface area contributed by atoms with E-state index in [1.54, 1.807) is 24.7 Å². The standard InChI is InChI=1S/C14H11N4/c1-2-5-12(6-3-1)10-18-11-13(9-17-18)14-15-7-4-8-16-14/h2-9,11H,10H2. The van der Waals surface area contributed by atoms with Crippen LogP contribution in [0.3, 0.4) is 0 Å². The van der Waals surface area contributed by atoms with Gasteiger partial charge in [-0.1, -0.05) is 24.3 Å². The molecule has 0 saturated carbocycles. The van der Waals surface area contributed by atoms with Crippen molar-refractivity contribution in [3.8, 4) is 11.4 Å². The summed E-state index contributed by atoms with van der Waals surface area (Å²) in [4.78, 5) is 8.40. The fraction of sp³-hybridized carbons (Fsp3) is 0.0714. The minimum absolute atomic E-state index is 0.699. The minimum Gasteiger partial charge on any atom is -0.268 e. The van der Waals surface area contributed by atoms with Gasteiger partial charge in [-0.3, -0.25) is 4.68 Å². The summed E-state index contributed by atoms with van der Waals surface area (Å²) in [6.07, 6.45) is 7.19. The lowest BCUT2D eigenvalue weighted by atomic mass is 10.2. The van der Waals surface area contributed by atoms with Crippen molar-refractivity contribution in [1.29, 1.82) is 0 Å². The van der Waals surface area contributed by atoms with E-state index in [-0.39, 0.29) is 0 Å². The van der Waals surface area contributed by atoms with Crippen LogP contribution < -0.4 is 0 Å². The van der Waals surface area contributed by atoms with Gasteiger partial charge in [0, 0.05) is 18.6 Å². The van der Waals surface area contributed by atoms with Crippen LogP contribution in [0, 0.1) is 6.07 Å². The predicted molar refractivity (Wildman–Crippen MR) is 67.6 cm³/mol. The van der Waals surface area contributed by atoms with Crippen molar-refractivity contribution in [3.63, 3.8) is 0 Å². The van der Waals surface area contributed by atoms with Gasteiger partial charge in [0.2, 0.25) is 0 Å². The van der Waals surface area contributed by atoms with Crippen LogP contribution in [0.4, 0.5) is 0 Å². The summed E-state index contributed by atoms with van der Waals surface area (Å²) < 4.78 is 1.88. The Morgan fingerprint density at radius 2 is 1.89 bits per heavy atom. The van der Waals surface area contributed by atoms with Crippen LogP contribution in [0.15, 0.2) is 55.1 Å². The lowest BCUT2D eigenvalue weighted by molar-refractivity contribution is 0.687. The molecule has 0 atom stereocenters. The van der Waals surface area contributed by atoms with Gasteiger partial charge < -0.3 is 0 Å². The first kappa shape index (κ1) is 10.7. The van der Waals surface area contributed by atoms with Gasteiger partial charge in [-0.2, -0.15) is 5.10 Å². The minimum atomic E-state index is 0.699. The molecule has 0 aliphatic carbocycles. The molecule has 1 radical (unpaired) electrons. The van der Waals surface area contributed by atoms with Gasteiger partial charge in [-0.15, -0.1) is 0 Å². The van der Waals surface area contributed by atoms with Gasteiger partial charge in [0.15, 0.2) is 5.82 Å². The van der Waals surface area contributed by atoms with Crippen LogP contribution in [0.1, 0.15) is 5.56 Å². The van der Waals surface area contributed by atoms with Gasteiger partial charge in [0.1, 0.15) is 0 Å². The smallest absolute Gasteiger partial charge is 0.162 e. The normalized spacial score (nSPS) is 10.4. The van der Waals surface area contributed by atoms with Gasteiger partial charge in [-0.25, -0.2) is 9.97 Å². The molecular weight excluding hydrogens is 224 g/mol. The Hall–Kier alpha value is -2.49. The molecular formula is C14H11N4. The van der Waals surface area contributed by atoms with Crippen LogP contribution >= 0.6 is 0 Å². The van der Waals surface area contributed by atoms with Crippen molar-refractivity contribution >= 4 is 0 Å². The highest BCUT2D eigenvalue weighted by Crippen LogP contribution is 2.12. The van der Waals surface area contributed by atoms with Crippen LogP contribution in [0.25, 0.3) is 11.4 Å². The summed E-state index contributed by atoms with van der Waals surface area (Å²) in [5, 5.41) is 4.31. The van der Waals surface area contributed by atoms with Crippen molar-refractivity contribution in [2.45, 2.75) is 6.54 Å². The van der Waals surface area contributed by atoms with Crippen LogP contribution in [0.2, 0.25) is 0 Å². The second-order valence-corrected chi connectivity index (χ2v) is 3.91. The molecule has 0 aliphatic heterocycles. The molecule has 0 spiro atoms. The summed E-state index contributed by atoms with van der Waals surface area (Å²) in [5.41, 5.74) is 2.12. The van der Waals surface area contributed by atoms with E-state index in [1.165, 1.54) is 5.56 Å². The Morgan fingerprint density at radius 3 is 2.67 bits per heavy atom. The van der Waals surface area contributed by atoms with Crippen molar-refractivity contribution in [1.82, 2.24) is 19.7 Å². The zero-order valence-electron chi connectivity index (χ0n) is 9.69. The lowest BCUT2D eigenvalue weighted by Gasteiger charge is -2.00. The van der Waals surface area contributed by atoms with E-state index >= 15 is 0 Å². The van der Waals surface area contributed by atoms with E-state index in [4.69, 9.17) is 0 Å². The Bertz CT molecular complexity index is 617. The fourth-order valence-corrected chi connectivity index (χ4v) is 1.73. The number of nitrogens with zero attached hydrogens (tertiary/aromatic N) is 4. The lowest BCUT2D eigenvalue weighted by Crippen LogP contribution is -1.99. The third-order valence-electron chi connectivity index (χ3n) is 2.59. The highest BCUT2D eigenvalue weighted by molar-refractivity contribution is 5.51. The van der Waals surface area contributed by atoms with E-state index in [1.807, 2.05) is 35.1 Å². The van der Waals surface area contributed by atoms with Crippen LogP contribution in [0.5, 0.6) is 0 Å². The maximum atomic E-state index is 4.31. The maximum absolute atomic E-state index is 4.31. The molecule has 2 heterocycles. The van der Waals surface area contributed by atoms with E-state index in [9.17, 15) is 0 Å². The molecule has 0 amide bonds. The average molecular weight is 235 g/mol. The fourth-order valence-electron chi connectivity index (χ4n) is 1.73. The van der Waals surface area contributed by atoms with Gasteiger partial charge in [-0.05, 0) is 17.7 Å². The average Bonchev–Trinajstić information content (AvgIpc) is 2.89. The van der Waals surface area contributed by atoms with Crippen molar-refractivity contribution in [2.75, 3.05) is 0 Å². The van der Waals surface area contributed by atoms with Gasteiger partial charge >= 0.3 is 0 Å².